The van der Waals surface area contributed by atoms with Crippen LogP contribution in [-0.4, -0.2) is 48.7 Å². The normalized spacial score (nSPS) is 20.7. The molecule has 164 valence electrons. The molecule has 3 heterocycles. The fourth-order valence-corrected chi connectivity index (χ4v) is 4.80. The van der Waals surface area contributed by atoms with Crippen molar-refractivity contribution < 1.29 is 4.79 Å². The van der Waals surface area contributed by atoms with Crippen molar-refractivity contribution in [2.24, 2.45) is 5.41 Å². The summed E-state index contributed by atoms with van der Waals surface area (Å²) in [6.45, 7) is 1.99. The smallest absolute Gasteiger partial charge is 0.258 e. The first-order chi connectivity index (χ1) is 15.4. The largest absolute Gasteiger partial charge is 0.359 e. The first-order valence-corrected chi connectivity index (χ1v) is 11.0. The highest BCUT2D eigenvalue weighted by molar-refractivity contribution is 9.10. The van der Waals surface area contributed by atoms with E-state index in [4.69, 9.17) is 4.98 Å². The highest BCUT2D eigenvalue weighted by Crippen LogP contribution is 2.39. The van der Waals surface area contributed by atoms with E-state index in [1.165, 1.54) is 6.33 Å². The van der Waals surface area contributed by atoms with Gasteiger partial charge in [-0.2, -0.15) is 10.1 Å². The van der Waals surface area contributed by atoms with E-state index < -0.39 is 5.41 Å². The van der Waals surface area contributed by atoms with E-state index in [1.54, 1.807) is 30.1 Å². The van der Waals surface area contributed by atoms with Crippen LogP contribution in [0.1, 0.15) is 26.2 Å². The second-order valence-electron chi connectivity index (χ2n) is 8.29. The summed E-state index contributed by atoms with van der Waals surface area (Å²) in [4.78, 5) is 40.3. The van der Waals surface area contributed by atoms with E-state index in [-0.39, 0.29) is 17.5 Å². The molecule has 0 bridgehead atoms. The van der Waals surface area contributed by atoms with Gasteiger partial charge in [0.15, 0.2) is 5.65 Å². The molecule has 10 nitrogen and oxygen atoms in total. The lowest BCUT2D eigenvalue weighted by Crippen LogP contribution is -2.35. The maximum absolute atomic E-state index is 12.2. The lowest BCUT2D eigenvalue weighted by atomic mass is 9.87. The molecule has 0 spiro atoms. The molecule has 1 aliphatic carbocycles. The van der Waals surface area contributed by atoms with Crippen molar-refractivity contribution in [3.8, 4) is 5.69 Å². The molecule has 1 saturated carbocycles. The number of halogens is 1. The SMILES string of the molecule is CNC(=O)[C@]1(C)CC[C@@H](Nc2ncc3c(Br)nn(-c4ccc5nc[nH]c(=O)c5c4)c3n2)C1. The van der Waals surface area contributed by atoms with E-state index in [2.05, 4.69) is 46.6 Å². The average molecular weight is 497 g/mol. The van der Waals surface area contributed by atoms with E-state index in [9.17, 15) is 9.59 Å². The molecule has 4 aromatic rings. The van der Waals surface area contributed by atoms with Crippen LogP contribution >= 0.6 is 15.9 Å². The number of amides is 1. The number of carbonyl (C=O) groups is 1. The average Bonchev–Trinajstić information content (AvgIpc) is 3.33. The Morgan fingerprint density at radius 3 is 2.97 bits per heavy atom. The standard InChI is InChI=1S/C21H21BrN8O2/c1-21(19(32)23-2)6-5-11(8-21)27-20-24-9-14-16(22)29-30(17(14)28-20)12-3-4-15-13(7-12)18(31)26-10-25-15/h3-4,7,9-11H,5-6,8H2,1-2H3,(H,23,32)(H,24,27,28)(H,25,26,31)/t11-,21-/m1/s1. The molecule has 0 saturated heterocycles. The number of nitrogens with one attached hydrogen (secondary N) is 3. The van der Waals surface area contributed by atoms with Crippen LogP contribution in [0.2, 0.25) is 0 Å². The summed E-state index contributed by atoms with van der Waals surface area (Å²) in [6, 6.07) is 5.45. The van der Waals surface area contributed by atoms with Crippen molar-refractivity contribution in [1.29, 1.82) is 0 Å². The van der Waals surface area contributed by atoms with Crippen LogP contribution in [0, 0.1) is 5.41 Å². The van der Waals surface area contributed by atoms with Crippen LogP contribution in [0.5, 0.6) is 0 Å². The van der Waals surface area contributed by atoms with Gasteiger partial charge in [-0.3, -0.25) is 9.59 Å². The fraction of sp³-hybridized carbons (Fsp3) is 0.333. The van der Waals surface area contributed by atoms with Gasteiger partial charge >= 0.3 is 0 Å². The van der Waals surface area contributed by atoms with Gasteiger partial charge in [-0.05, 0) is 53.4 Å². The maximum atomic E-state index is 12.2. The number of rotatable bonds is 4. The third kappa shape index (κ3) is 3.42. The van der Waals surface area contributed by atoms with Crippen LogP contribution in [0.3, 0.4) is 0 Å². The highest BCUT2D eigenvalue weighted by atomic mass is 79.9. The Kier molecular flexibility index (Phi) is 4.92. The zero-order valence-corrected chi connectivity index (χ0v) is 19.1. The maximum Gasteiger partial charge on any atom is 0.258 e. The lowest BCUT2D eigenvalue weighted by Gasteiger charge is -2.22. The molecule has 0 unspecified atom stereocenters. The number of anilines is 1. The minimum Gasteiger partial charge on any atom is -0.359 e. The zero-order chi connectivity index (χ0) is 22.5. The number of aromatic amines is 1. The molecule has 3 aromatic heterocycles. The van der Waals surface area contributed by atoms with Crippen molar-refractivity contribution >= 4 is 49.7 Å². The molecule has 11 heteroatoms. The molecular formula is C21H21BrN8O2. The quantitative estimate of drug-likeness (QED) is 0.395. The number of fused-ring (bicyclic) bond motifs is 2. The Morgan fingerprint density at radius 1 is 1.31 bits per heavy atom. The summed E-state index contributed by atoms with van der Waals surface area (Å²) in [5.41, 5.74) is 1.27. The number of hydrogen-bond donors (Lipinski definition) is 3. The topological polar surface area (TPSA) is 130 Å². The summed E-state index contributed by atoms with van der Waals surface area (Å²) >= 11 is 3.47. The van der Waals surface area contributed by atoms with Crippen LogP contribution in [0.4, 0.5) is 5.95 Å². The van der Waals surface area contributed by atoms with Crippen LogP contribution < -0.4 is 16.2 Å². The molecule has 5 rings (SSSR count). The Bertz CT molecular complexity index is 1410. The summed E-state index contributed by atoms with van der Waals surface area (Å²) in [5.74, 6) is 0.526. The van der Waals surface area contributed by atoms with E-state index >= 15 is 0 Å². The van der Waals surface area contributed by atoms with E-state index in [1.807, 2.05) is 13.0 Å². The molecule has 1 aromatic carbocycles. The second kappa shape index (κ2) is 7.66. The number of benzene rings is 1. The van der Waals surface area contributed by atoms with E-state index in [0.717, 1.165) is 18.2 Å². The van der Waals surface area contributed by atoms with Crippen LogP contribution in [0.25, 0.3) is 27.6 Å². The first kappa shape index (κ1) is 20.6. The Hall–Kier alpha value is -3.34. The summed E-state index contributed by atoms with van der Waals surface area (Å²) in [7, 11) is 1.67. The molecule has 1 fully saturated rings. The third-order valence-electron chi connectivity index (χ3n) is 6.10. The van der Waals surface area contributed by atoms with Gasteiger partial charge in [0.1, 0.15) is 4.60 Å². The minimum atomic E-state index is -0.395. The van der Waals surface area contributed by atoms with Gasteiger partial charge in [0.2, 0.25) is 11.9 Å². The number of H-pyrrole nitrogens is 1. The summed E-state index contributed by atoms with van der Waals surface area (Å²) in [5, 5.41) is 11.9. The molecule has 2 atom stereocenters. The van der Waals surface area contributed by atoms with Crippen molar-refractivity contribution in [1.82, 2.24) is 35.0 Å². The molecule has 3 N–H and O–H groups in total. The lowest BCUT2D eigenvalue weighted by molar-refractivity contribution is -0.129. The van der Waals surface area contributed by atoms with Crippen molar-refractivity contribution in [3.05, 3.63) is 45.7 Å². The number of hydrogen-bond acceptors (Lipinski definition) is 7. The van der Waals surface area contributed by atoms with Gasteiger partial charge in [0, 0.05) is 24.7 Å². The summed E-state index contributed by atoms with van der Waals surface area (Å²) < 4.78 is 2.27. The van der Waals surface area contributed by atoms with Gasteiger partial charge in [-0.1, -0.05) is 6.92 Å². The molecule has 0 aliphatic heterocycles. The van der Waals surface area contributed by atoms with E-state index in [0.29, 0.717) is 39.2 Å². The second-order valence-corrected chi connectivity index (χ2v) is 9.04. The molecule has 0 radical (unpaired) electrons. The Morgan fingerprint density at radius 2 is 2.16 bits per heavy atom. The Labute approximate surface area is 191 Å². The zero-order valence-electron chi connectivity index (χ0n) is 17.5. The van der Waals surface area contributed by atoms with Gasteiger partial charge in [-0.15, -0.1) is 0 Å². The number of carbonyl (C=O) groups excluding carboxylic acids is 1. The predicted octanol–water partition coefficient (Wildman–Crippen LogP) is 2.53. The van der Waals surface area contributed by atoms with Gasteiger partial charge in [0.25, 0.3) is 5.56 Å². The molecule has 32 heavy (non-hydrogen) atoms. The molecule has 1 amide bonds. The van der Waals surface area contributed by atoms with Gasteiger partial charge in [0.05, 0.1) is 28.3 Å². The fourth-order valence-electron chi connectivity index (χ4n) is 4.36. The predicted molar refractivity (Wildman–Crippen MR) is 124 cm³/mol. The highest BCUT2D eigenvalue weighted by Gasteiger charge is 2.40. The molecular weight excluding hydrogens is 476 g/mol. The minimum absolute atomic E-state index is 0.0564. The molecule has 1 aliphatic rings. The third-order valence-corrected chi connectivity index (χ3v) is 6.68. The van der Waals surface area contributed by atoms with Crippen molar-refractivity contribution in [2.45, 2.75) is 32.2 Å². The monoisotopic (exact) mass is 496 g/mol. The Balaban J connectivity index is 1.50. The number of nitrogens with zero attached hydrogens (tertiary/aromatic N) is 5. The summed E-state index contributed by atoms with van der Waals surface area (Å²) in [6.07, 6.45) is 5.45. The number of aromatic nitrogens is 6. The van der Waals surface area contributed by atoms with Crippen molar-refractivity contribution in [3.63, 3.8) is 0 Å². The van der Waals surface area contributed by atoms with Crippen LogP contribution in [0.15, 0.2) is 40.1 Å². The van der Waals surface area contributed by atoms with Gasteiger partial charge < -0.3 is 15.6 Å². The van der Waals surface area contributed by atoms with Crippen molar-refractivity contribution in [2.75, 3.05) is 12.4 Å². The first-order valence-electron chi connectivity index (χ1n) is 10.3. The van der Waals surface area contributed by atoms with Crippen LogP contribution in [-0.2, 0) is 4.79 Å². The van der Waals surface area contributed by atoms with Gasteiger partial charge in [-0.25, -0.2) is 14.6 Å².